The summed E-state index contributed by atoms with van der Waals surface area (Å²) in [5, 5.41) is 2.97. The van der Waals surface area contributed by atoms with Gasteiger partial charge in [-0.1, -0.05) is 39.0 Å². The Kier molecular flexibility index (Phi) is 7.25. The van der Waals surface area contributed by atoms with Crippen LogP contribution in [0.25, 0.3) is 0 Å². The van der Waals surface area contributed by atoms with Crippen molar-refractivity contribution in [3.05, 3.63) is 0 Å². The van der Waals surface area contributed by atoms with E-state index in [2.05, 4.69) is 12.2 Å². The molecule has 1 unspecified atom stereocenters. The van der Waals surface area contributed by atoms with Gasteiger partial charge < -0.3 is 11.1 Å². The number of hydrogen-bond donors (Lipinski definition) is 2. The molecule has 0 spiro atoms. The first-order chi connectivity index (χ1) is 8.24. The fourth-order valence-electron chi connectivity index (χ4n) is 2.11. The zero-order valence-electron chi connectivity index (χ0n) is 11.2. The molecule has 1 aliphatic rings. The third-order valence-corrected chi connectivity index (χ3v) is 3.50. The number of nitrogens with two attached hydrogens (primary N) is 1. The molecule has 3 heteroatoms. The van der Waals surface area contributed by atoms with Crippen molar-refractivity contribution in [1.29, 1.82) is 0 Å². The Morgan fingerprint density at radius 2 is 1.88 bits per heavy atom. The van der Waals surface area contributed by atoms with Gasteiger partial charge >= 0.3 is 0 Å². The summed E-state index contributed by atoms with van der Waals surface area (Å²) in [5.74, 6) is 0.757. The maximum absolute atomic E-state index is 11.5. The standard InChI is InChI=1S/C14H28N2O/c1-2-3-4-5-6-7-10-16-14(17)11-13(15)12-8-9-12/h12-13H,2-11,15H2,1H3,(H,16,17). The van der Waals surface area contributed by atoms with E-state index in [1.54, 1.807) is 0 Å². The quantitative estimate of drug-likeness (QED) is 0.577. The van der Waals surface area contributed by atoms with Crippen LogP contribution in [0.15, 0.2) is 0 Å². The SMILES string of the molecule is CCCCCCCCNC(=O)CC(N)C1CC1. The minimum absolute atomic E-state index is 0.0968. The van der Waals surface area contributed by atoms with Gasteiger partial charge in [0, 0.05) is 19.0 Å². The zero-order valence-corrected chi connectivity index (χ0v) is 11.2. The van der Waals surface area contributed by atoms with Crippen LogP contribution in [0.2, 0.25) is 0 Å². The topological polar surface area (TPSA) is 55.1 Å². The van der Waals surface area contributed by atoms with E-state index in [4.69, 9.17) is 5.73 Å². The molecule has 1 fully saturated rings. The average molecular weight is 240 g/mol. The molecule has 0 radical (unpaired) electrons. The molecule has 1 rings (SSSR count). The fraction of sp³-hybridized carbons (Fsp3) is 0.929. The number of carbonyl (C=O) groups excluding carboxylic acids is 1. The zero-order chi connectivity index (χ0) is 12.5. The third kappa shape index (κ3) is 7.37. The van der Waals surface area contributed by atoms with Gasteiger partial charge in [-0.2, -0.15) is 0 Å². The summed E-state index contributed by atoms with van der Waals surface area (Å²) in [6, 6.07) is 0.0968. The number of amides is 1. The van der Waals surface area contributed by atoms with Crippen LogP contribution in [0.4, 0.5) is 0 Å². The molecule has 1 saturated carbocycles. The summed E-state index contributed by atoms with van der Waals surface area (Å²) >= 11 is 0. The van der Waals surface area contributed by atoms with Crippen molar-refractivity contribution in [2.75, 3.05) is 6.54 Å². The van der Waals surface area contributed by atoms with Gasteiger partial charge in [-0.15, -0.1) is 0 Å². The Balaban J connectivity index is 1.86. The predicted octanol–water partition coefficient (Wildman–Crippen LogP) is 2.59. The van der Waals surface area contributed by atoms with Crippen LogP contribution in [0.5, 0.6) is 0 Å². The van der Waals surface area contributed by atoms with Crippen LogP contribution in [0.1, 0.15) is 64.7 Å². The van der Waals surface area contributed by atoms with Crippen LogP contribution in [0, 0.1) is 5.92 Å². The van der Waals surface area contributed by atoms with Crippen molar-refractivity contribution >= 4 is 5.91 Å². The van der Waals surface area contributed by atoms with Gasteiger partial charge in [-0.25, -0.2) is 0 Å². The first-order valence-electron chi connectivity index (χ1n) is 7.26. The molecule has 17 heavy (non-hydrogen) atoms. The van der Waals surface area contributed by atoms with Crippen molar-refractivity contribution in [3.63, 3.8) is 0 Å². The number of nitrogens with one attached hydrogen (secondary N) is 1. The van der Waals surface area contributed by atoms with E-state index in [1.165, 1.54) is 44.9 Å². The summed E-state index contributed by atoms with van der Waals surface area (Å²) in [5.41, 5.74) is 5.90. The Bertz CT molecular complexity index is 214. The highest BCUT2D eigenvalue weighted by Crippen LogP contribution is 2.32. The van der Waals surface area contributed by atoms with Crippen molar-refractivity contribution in [3.8, 4) is 0 Å². The van der Waals surface area contributed by atoms with Gasteiger partial charge in [0.25, 0.3) is 0 Å². The molecule has 3 nitrogen and oxygen atoms in total. The lowest BCUT2D eigenvalue weighted by Gasteiger charge is -2.10. The molecule has 0 aliphatic heterocycles. The normalized spacial score (nSPS) is 16.8. The highest BCUT2D eigenvalue weighted by molar-refractivity contribution is 5.76. The maximum Gasteiger partial charge on any atom is 0.221 e. The smallest absolute Gasteiger partial charge is 0.221 e. The Hall–Kier alpha value is -0.570. The van der Waals surface area contributed by atoms with E-state index in [-0.39, 0.29) is 11.9 Å². The summed E-state index contributed by atoms with van der Waals surface area (Å²) in [4.78, 5) is 11.5. The second-order valence-corrected chi connectivity index (χ2v) is 5.32. The first kappa shape index (κ1) is 14.5. The van der Waals surface area contributed by atoms with Crippen LogP contribution in [-0.2, 0) is 4.79 Å². The number of unbranched alkanes of at least 4 members (excludes halogenated alkanes) is 5. The molecule has 3 N–H and O–H groups in total. The number of carbonyl (C=O) groups is 1. The van der Waals surface area contributed by atoms with E-state index in [9.17, 15) is 4.79 Å². The number of hydrogen-bond acceptors (Lipinski definition) is 2. The van der Waals surface area contributed by atoms with Crippen molar-refractivity contribution in [1.82, 2.24) is 5.32 Å². The van der Waals surface area contributed by atoms with E-state index in [1.807, 2.05) is 0 Å². The minimum Gasteiger partial charge on any atom is -0.356 e. The molecule has 0 bridgehead atoms. The van der Waals surface area contributed by atoms with Crippen molar-refractivity contribution < 1.29 is 4.79 Å². The monoisotopic (exact) mass is 240 g/mol. The van der Waals surface area contributed by atoms with Crippen LogP contribution in [-0.4, -0.2) is 18.5 Å². The molecule has 0 aromatic carbocycles. The molecular formula is C14H28N2O. The first-order valence-corrected chi connectivity index (χ1v) is 7.26. The number of rotatable bonds is 10. The fourth-order valence-corrected chi connectivity index (χ4v) is 2.11. The van der Waals surface area contributed by atoms with E-state index in [0.717, 1.165) is 13.0 Å². The molecule has 1 amide bonds. The third-order valence-electron chi connectivity index (χ3n) is 3.50. The van der Waals surface area contributed by atoms with Gasteiger partial charge in [-0.05, 0) is 25.2 Å². The minimum atomic E-state index is 0.0968. The summed E-state index contributed by atoms with van der Waals surface area (Å²) in [6.45, 7) is 3.05. The second kappa shape index (κ2) is 8.51. The van der Waals surface area contributed by atoms with Crippen LogP contribution in [0.3, 0.4) is 0 Å². The summed E-state index contributed by atoms with van der Waals surface area (Å²) in [6.07, 6.45) is 10.5. The van der Waals surface area contributed by atoms with Crippen LogP contribution >= 0.6 is 0 Å². The highest BCUT2D eigenvalue weighted by Gasteiger charge is 2.29. The van der Waals surface area contributed by atoms with Gasteiger partial charge in [0.1, 0.15) is 0 Å². The average Bonchev–Trinajstić information content (AvgIpc) is 3.11. The van der Waals surface area contributed by atoms with Crippen molar-refractivity contribution in [2.45, 2.75) is 70.8 Å². The molecule has 1 aliphatic carbocycles. The molecule has 0 heterocycles. The summed E-state index contributed by atoms with van der Waals surface area (Å²) < 4.78 is 0. The molecular weight excluding hydrogens is 212 g/mol. The van der Waals surface area contributed by atoms with E-state index in [0.29, 0.717) is 12.3 Å². The Morgan fingerprint density at radius 1 is 1.24 bits per heavy atom. The molecule has 1 atom stereocenters. The van der Waals surface area contributed by atoms with Gasteiger partial charge in [-0.3, -0.25) is 4.79 Å². The lowest BCUT2D eigenvalue weighted by Crippen LogP contribution is -2.33. The second-order valence-electron chi connectivity index (χ2n) is 5.32. The Morgan fingerprint density at radius 3 is 2.53 bits per heavy atom. The Labute approximate surface area is 106 Å². The molecule has 0 aromatic heterocycles. The maximum atomic E-state index is 11.5. The largest absolute Gasteiger partial charge is 0.356 e. The van der Waals surface area contributed by atoms with Gasteiger partial charge in [0.05, 0.1) is 0 Å². The van der Waals surface area contributed by atoms with Gasteiger partial charge in [0.2, 0.25) is 5.91 Å². The lowest BCUT2D eigenvalue weighted by atomic mass is 10.1. The lowest BCUT2D eigenvalue weighted by molar-refractivity contribution is -0.121. The van der Waals surface area contributed by atoms with E-state index < -0.39 is 0 Å². The van der Waals surface area contributed by atoms with Crippen molar-refractivity contribution in [2.24, 2.45) is 11.7 Å². The predicted molar refractivity (Wildman–Crippen MR) is 71.7 cm³/mol. The van der Waals surface area contributed by atoms with Crippen LogP contribution < -0.4 is 11.1 Å². The summed E-state index contributed by atoms with van der Waals surface area (Å²) in [7, 11) is 0. The molecule has 0 aromatic rings. The van der Waals surface area contributed by atoms with Gasteiger partial charge in [0.15, 0.2) is 0 Å². The highest BCUT2D eigenvalue weighted by atomic mass is 16.1. The molecule has 100 valence electrons. The molecule has 0 saturated heterocycles. The van der Waals surface area contributed by atoms with E-state index >= 15 is 0 Å².